The SMILES string of the molecule is CCC(Cc1cc(OC)c(CC(C)O)cc1OC)N1C(=O)c2ccccc2C1=O. The number of imide groups is 1. The Hall–Kier alpha value is -2.86. The highest BCUT2D eigenvalue weighted by molar-refractivity contribution is 6.21. The van der Waals surface area contributed by atoms with Gasteiger partial charge in [-0.3, -0.25) is 14.5 Å². The van der Waals surface area contributed by atoms with Crippen molar-refractivity contribution in [1.82, 2.24) is 4.90 Å². The molecule has 0 saturated carbocycles. The van der Waals surface area contributed by atoms with E-state index in [0.29, 0.717) is 41.9 Å². The van der Waals surface area contributed by atoms with E-state index in [-0.39, 0.29) is 17.9 Å². The van der Waals surface area contributed by atoms with E-state index in [1.807, 2.05) is 19.1 Å². The minimum Gasteiger partial charge on any atom is -0.496 e. The van der Waals surface area contributed by atoms with E-state index >= 15 is 0 Å². The Bertz CT molecular complexity index is 886. The normalized spacial score (nSPS) is 15.3. The summed E-state index contributed by atoms with van der Waals surface area (Å²) in [4.78, 5) is 27.1. The van der Waals surface area contributed by atoms with E-state index < -0.39 is 6.10 Å². The summed E-state index contributed by atoms with van der Waals surface area (Å²) in [7, 11) is 3.17. The number of aliphatic hydroxyl groups excluding tert-OH is 1. The summed E-state index contributed by atoms with van der Waals surface area (Å²) < 4.78 is 11.1. The zero-order chi connectivity index (χ0) is 21.1. The molecule has 3 rings (SSSR count). The summed E-state index contributed by atoms with van der Waals surface area (Å²) in [6, 6.07) is 10.3. The first kappa shape index (κ1) is 20.9. The molecular weight excluding hydrogens is 370 g/mol. The lowest BCUT2D eigenvalue weighted by atomic mass is 9.97. The third kappa shape index (κ3) is 3.98. The van der Waals surface area contributed by atoms with Crippen LogP contribution in [0.15, 0.2) is 36.4 Å². The molecule has 0 aromatic heterocycles. The van der Waals surface area contributed by atoms with Crippen LogP contribution in [0, 0.1) is 0 Å². The van der Waals surface area contributed by atoms with Crippen LogP contribution in [0.2, 0.25) is 0 Å². The van der Waals surface area contributed by atoms with Crippen molar-refractivity contribution in [2.45, 2.75) is 45.3 Å². The quantitative estimate of drug-likeness (QED) is 0.692. The number of nitrogens with zero attached hydrogens (tertiary/aromatic N) is 1. The van der Waals surface area contributed by atoms with Gasteiger partial charge in [-0.05, 0) is 49.6 Å². The first-order chi connectivity index (χ1) is 13.9. The molecule has 0 aliphatic carbocycles. The highest BCUT2D eigenvalue weighted by Gasteiger charge is 2.39. The highest BCUT2D eigenvalue weighted by Crippen LogP contribution is 2.33. The molecule has 1 heterocycles. The van der Waals surface area contributed by atoms with E-state index in [2.05, 4.69) is 0 Å². The lowest BCUT2D eigenvalue weighted by Gasteiger charge is -2.26. The Labute approximate surface area is 171 Å². The second kappa shape index (κ2) is 8.66. The first-order valence-electron chi connectivity index (χ1n) is 9.79. The number of methoxy groups -OCH3 is 2. The number of fused-ring (bicyclic) bond motifs is 1. The average Bonchev–Trinajstić information content (AvgIpc) is 2.97. The molecule has 2 unspecified atom stereocenters. The minimum absolute atomic E-state index is 0.255. The number of aliphatic hydroxyl groups is 1. The molecule has 2 aromatic carbocycles. The van der Waals surface area contributed by atoms with Gasteiger partial charge in [0, 0.05) is 18.0 Å². The van der Waals surface area contributed by atoms with Gasteiger partial charge in [-0.25, -0.2) is 0 Å². The number of amides is 2. The number of hydrogen-bond acceptors (Lipinski definition) is 5. The Morgan fingerprint density at radius 1 is 0.931 bits per heavy atom. The van der Waals surface area contributed by atoms with Gasteiger partial charge in [0.1, 0.15) is 11.5 Å². The fourth-order valence-corrected chi connectivity index (χ4v) is 3.87. The molecule has 2 aromatic rings. The molecule has 2 amide bonds. The molecule has 0 radical (unpaired) electrons. The summed E-state index contributed by atoms with van der Waals surface area (Å²) >= 11 is 0. The second-order valence-electron chi connectivity index (χ2n) is 7.32. The maximum absolute atomic E-state index is 12.9. The lowest BCUT2D eigenvalue weighted by molar-refractivity contribution is 0.0578. The third-order valence-corrected chi connectivity index (χ3v) is 5.32. The summed E-state index contributed by atoms with van der Waals surface area (Å²) in [6.07, 6.45) is 0.999. The van der Waals surface area contributed by atoms with Crippen molar-refractivity contribution >= 4 is 11.8 Å². The van der Waals surface area contributed by atoms with Crippen LogP contribution < -0.4 is 9.47 Å². The molecule has 0 bridgehead atoms. The van der Waals surface area contributed by atoms with Crippen molar-refractivity contribution in [3.63, 3.8) is 0 Å². The molecule has 154 valence electrons. The van der Waals surface area contributed by atoms with Gasteiger partial charge in [-0.1, -0.05) is 19.1 Å². The predicted octanol–water partition coefficient (Wildman–Crippen LogP) is 3.24. The van der Waals surface area contributed by atoms with Crippen LogP contribution in [0.5, 0.6) is 11.5 Å². The fraction of sp³-hybridized carbons (Fsp3) is 0.391. The van der Waals surface area contributed by atoms with Gasteiger partial charge in [0.2, 0.25) is 0 Å². The monoisotopic (exact) mass is 397 g/mol. The second-order valence-corrected chi connectivity index (χ2v) is 7.32. The van der Waals surface area contributed by atoms with Crippen LogP contribution in [-0.2, 0) is 12.8 Å². The summed E-state index contributed by atoms with van der Waals surface area (Å²) in [6.45, 7) is 3.68. The Morgan fingerprint density at radius 3 is 1.83 bits per heavy atom. The largest absolute Gasteiger partial charge is 0.496 e. The van der Waals surface area contributed by atoms with E-state index in [1.165, 1.54) is 4.90 Å². The number of hydrogen-bond donors (Lipinski definition) is 1. The average molecular weight is 397 g/mol. The predicted molar refractivity (Wildman–Crippen MR) is 110 cm³/mol. The standard InChI is InChI=1S/C23H27NO5/c1-5-17(24-22(26)18-8-6-7-9-19(18)23(24)27)11-16-13-20(28-3)15(10-14(2)25)12-21(16)29-4/h6-9,12-14,17,25H,5,10-11H2,1-4H3. The van der Waals surface area contributed by atoms with E-state index in [4.69, 9.17) is 9.47 Å². The summed E-state index contributed by atoms with van der Waals surface area (Å²) in [5, 5.41) is 9.75. The zero-order valence-electron chi connectivity index (χ0n) is 17.3. The number of carbonyl (C=O) groups excluding carboxylic acids is 2. The summed E-state index contributed by atoms with van der Waals surface area (Å²) in [5.74, 6) is 0.790. The Morgan fingerprint density at radius 2 is 1.41 bits per heavy atom. The molecule has 6 heteroatoms. The molecule has 1 aliphatic rings. The van der Waals surface area contributed by atoms with Crippen LogP contribution in [0.25, 0.3) is 0 Å². The first-order valence-corrected chi connectivity index (χ1v) is 9.79. The molecule has 0 spiro atoms. The molecule has 0 saturated heterocycles. The van der Waals surface area contributed by atoms with Crippen molar-refractivity contribution in [1.29, 1.82) is 0 Å². The van der Waals surface area contributed by atoms with Crippen LogP contribution in [-0.4, -0.2) is 48.2 Å². The Balaban J connectivity index is 1.93. The van der Waals surface area contributed by atoms with E-state index in [1.54, 1.807) is 45.4 Å². The van der Waals surface area contributed by atoms with Crippen molar-refractivity contribution in [2.24, 2.45) is 0 Å². The molecule has 29 heavy (non-hydrogen) atoms. The molecule has 0 fully saturated rings. The van der Waals surface area contributed by atoms with Crippen molar-refractivity contribution in [3.05, 3.63) is 58.7 Å². The van der Waals surface area contributed by atoms with E-state index in [0.717, 1.165) is 11.1 Å². The number of ether oxygens (including phenoxy) is 2. The maximum atomic E-state index is 12.9. The van der Waals surface area contributed by atoms with Crippen LogP contribution in [0.4, 0.5) is 0 Å². The number of benzene rings is 2. The molecular formula is C23H27NO5. The van der Waals surface area contributed by atoms with Gasteiger partial charge < -0.3 is 14.6 Å². The van der Waals surface area contributed by atoms with Crippen LogP contribution in [0.1, 0.15) is 52.1 Å². The maximum Gasteiger partial charge on any atom is 0.261 e. The minimum atomic E-state index is -0.513. The van der Waals surface area contributed by atoms with Gasteiger partial charge in [0.05, 0.1) is 31.5 Å². The van der Waals surface area contributed by atoms with Gasteiger partial charge >= 0.3 is 0 Å². The highest BCUT2D eigenvalue weighted by atomic mass is 16.5. The third-order valence-electron chi connectivity index (χ3n) is 5.32. The van der Waals surface area contributed by atoms with Crippen molar-refractivity contribution in [3.8, 4) is 11.5 Å². The van der Waals surface area contributed by atoms with Crippen LogP contribution >= 0.6 is 0 Å². The fourth-order valence-electron chi connectivity index (χ4n) is 3.87. The van der Waals surface area contributed by atoms with Crippen molar-refractivity contribution in [2.75, 3.05) is 14.2 Å². The van der Waals surface area contributed by atoms with Gasteiger partial charge in [-0.15, -0.1) is 0 Å². The van der Waals surface area contributed by atoms with Gasteiger partial charge in [0.25, 0.3) is 11.8 Å². The van der Waals surface area contributed by atoms with Gasteiger partial charge in [0.15, 0.2) is 0 Å². The lowest BCUT2D eigenvalue weighted by Crippen LogP contribution is -2.40. The topological polar surface area (TPSA) is 76.1 Å². The smallest absolute Gasteiger partial charge is 0.261 e. The molecule has 1 aliphatic heterocycles. The molecule has 1 N–H and O–H groups in total. The number of rotatable bonds is 8. The number of carbonyl (C=O) groups is 2. The van der Waals surface area contributed by atoms with Gasteiger partial charge in [-0.2, -0.15) is 0 Å². The van der Waals surface area contributed by atoms with E-state index in [9.17, 15) is 14.7 Å². The Kier molecular flexibility index (Phi) is 6.23. The molecule has 2 atom stereocenters. The van der Waals surface area contributed by atoms with Crippen molar-refractivity contribution < 1.29 is 24.2 Å². The molecule has 6 nitrogen and oxygen atoms in total. The van der Waals surface area contributed by atoms with Crippen LogP contribution in [0.3, 0.4) is 0 Å². The summed E-state index contributed by atoms with van der Waals surface area (Å²) in [5.41, 5.74) is 2.60. The zero-order valence-corrected chi connectivity index (χ0v) is 17.3.